The Morgan fingerprint density at radius 1 is 0.929 bits per heavy atom. The fourth-order valence-corrected chi connectivity index (χ4v) is 2.97. The number of carbonyl (C=O) groups is 1. The number of carbonyl (C=O) groups excluding carboxylic acids is 1. The monoisotopic (exact) mass is 414 g/mol. The van der Waals surface area contributed by atoms with Gasteiger partial charge in [-0.3, -0.25) is 4.79 Å². The average Bonchev–Trinajstić information content (AvgIpc) is 2.68. The summed E-state index contributed by atoms with van der Waals surface area (Å²) in [6.45, 7) is 2.50. The molecule has 0 aliphatic rings. The fraction of sp³-hybridized carbons (Fsp3) is 0.136. The van der Waals surface area contributed by atoms with Crippen molar-refractivity contribution in [2.75, 3.05) is 10.6 Å². The summed E-state index contributed by atoms with van der Waals surface area (Å²) >= 11 is 12.0. The van der Waals surface area contributed by atoms with E-state index in [9.17, 15) is 4.79 Å². The van der Waals surface area contributed by atoms with Crippen LogP contribution in [-0.4, -0.2) is 5.91 Å². The van der Waals surface area contributed by atoms with Gasteiger partial charge in [-0.1, -0.05) is 47.5 Å². The Hall–Kier alpha value is -2.69. The first kappa shape index (κ1) is 20.1. The van der Waals surface area contributed by atoms with Gasteiger partial charge in [-0.15, -0.1) is 0 Å². The molecule has 1 amide bonds. The van der Waals surface area contributed by atoms with Crippen molar-refractivity contribution in [3.63, 3.8) is 0 Å². The summed E-state index contributed by atoms with van der Waals surface area (Å²) in [7, 11) is 0. The number of halogens is 2. The number of amides is 1. The van der Waals surface area contributed by atoms with Crippen LogP contribution in [0.25, 0.3) is 0 Å². The van der Waals surface area contributed by atoms with E-state index in [1.807, 2.05) is 54.6 Å². The molecule has 0 aliphatic heterocycles. The molecule has 0 unspecified atom stereocenters. The molecule has 3 aromatic carbocycles. The van der Waals surface area contributed by atoms with Crippen molar-refractivity contribution in [3.05, 3.63) is 87.9 Å². The third-order valence-electron chi connectivity index (χ3n) is 4.04. The number of rotatable bonds is 7. The molecule has 2 N–H and O–H groups in total. The van der Waals surface area contributed by atoms with Crippen molar-refractivity contribution in [1.29, 1.82) is 0 Å². The highest BCUT2D eigenvalue weighted by atomic mass is 35.5. The van der Waals surface area contributed by atoms with Crippen LogP contribution in [0, 0.1) is 0 Å². The van der Waals surface area contributed by atoms with Gasteiger partial charge in [0.05, 0.1) is 10.0 Å². The summed E-state index contributed by atoms with van der Waals surface area (Å²) in [6.07, 6.45) is 0. The molecule has 0 saturated carbocycles. The second-order valence-corrected chi connectivity index (χ2v) is 7.07. The van der Waals surface area contributed by atoms with Gasteiger partial charge in [-0.05, 0) is 48.0 Å². The minimum absolute atomic E-state index is 0.0891. The predicted octanol–water partition coefficient (Wildman–Crippen LogP) is 6.14. The van der Waals surface area contributed by atoms with Crippen molar-refractivity contribution < 1.29 is 9.53 Å². The topological polar surface area (TPSA) is 50.4 Å². The second kappa shape index (κ2) is 9.49. The molecule has 0 heterocycles. The van der Waals surface area contributed by atoms with E-state index in [4.69, 9.17) is 27.9 Å². The lowest BCUT2D eigenvalue weighted by Crippen LogP contribution is -2.06. The van der Waals surface area contributed by atoms with Crippen LogP contribution in [0.3, 0.4) is 0 Å². The Kier molecular flexibility index (Phi) is 6.80. The molecule has 3 aromatic rings. The van der Waals surface area contributed by atoms with E-state index in [1.165, 1.54) is 6.92 Å². The first-order valence-electron chi connectivity index (χ1n) is 8.77. The van der Waals surface area contributed by atoms with E-state index in [0.717, 1.165) is 28.3 Å². The van der Waals surface area contributed by atoms with Gasteiger partial charge in [0, 0.05) is 30.4 Å². The molecule has 0 bridgehead atoms. The molecule has 0 radical (unpaired) electrons. The maximum absolute atomic E-state index is 11.1. The lowest BCUT2D eigenvalue weighted by molar-refractivity contribution is -0.114. The van der Waals surface area contributed by atoms with Crippen LogP contribution in [0.1, 0.15) is 18.1 Å². The molecule has 0 atom stereocenters. The van der Waals surface area contributed by atoms with Crippen LogP contribution >= 0.6 is 23.2 Å². The minimum Gasteiger partial charge on any atom is -0.489 e. The first-order chi connectivity index (χ1) is 13.5. The number of para-hydroxylation sites is 1. The fourth-order valence-electron chi connectivity index (χ4n) is 2.65. The van der Waals surface area contributed by atoms with Gasteiger partial charge in [0.2, 0.25) is 5.91 Å². The lowest BCUT2D eigenvalue weighted by Gasteiger charge is -2.13. The number of anilines is 2. The molecule has 0 fully saturated rings. The van der Waals surface area contributed by atoms with E-state index in [-0.39, 0.29) is 5.91 Å². The molecule has 6 heteroatoms. The van der Waals surface area contributed by atoms with E-state index in [0.29, 0.717) is 23.2 Å². The van der Waals surface area contributed by atoms with Gasteiger partial charge in [-0.2, -0.15) is 0 Å². The smallest absolute Gasteiger partial charge is 0.221 e. The maximum atomic E-state index is 11.1. The summed E-state index contributed by atoms with van der Waals surface area (Å²) in [5.74, 6) is 0.713. The Labute approximate surface area is 174 Å². The number of hydrogen-bond acceptors (Lipinski definition) is 3. The zero-order valence-electron chi connectivity index (χ0n) is 15.3. The highest BCUT2D eigenvalue weighted by Crippen LogP contribution is 2.25. The molecule has 28 heavy (non-hydrogen) atoms. The maximum Gasteiger partial charge on any atom is 0.221 e. The van der Waals surface area contributed by atoms with E-state index >= 15 is 0 Å². The SMILES string of the molecule is CC(=O)Nc1ccc(NCc2ccccc2OCc2ccc(Cl)c(Cl)c2)cc1. The number of benzene rings is 3. The third-order valence-corrected chi connectivity index (χ3v) is 4.78. The molecule has 144 valence electrons. The summed E-state index contributed by atoms with van der Waals surface area (Å²) in [4.78, 5) is 11.1. The van der Waals surface area contributed by atoms with Crippen LogP contribution in [0.5, 0.6) is 5.75 Å². The van der Waals surface area contributed by atoms with Crippen molar-refractivity contribution in [3.8, 4) is 5.75 Å². The van der Waals surface area contributed by atoms with Crippen molar-refractivity contribution in [1.82, 2.24) is 0 Å². The Morgan fingerprint density at radius 2 is 1.64 bits per heavy atom. The highest BCUT2D eigenvalue weighted by Gasteiger charge is 2.05. The van der Waals surface area contributed by atoms with Crippen LogP contribution < -0.4 is 15.4 Å². The zero-order valence-corrected chi connectivity index (χ0v) is 16.8. The van der Waals surface area contributed by atoms with Gasteiger partial charge < -0.3 is 15.4 Å². The van der Waals surface area contributed by atoms with Crippen LogP contribution in [-0.2, 0) is 17.9 Å². The molecular formula is C22H20Cl2N2O2. The summed E-state index contributed by atoms with van der Waals surface area (Å²) < 4.78 is 5.98. The van der Waals surface area contributed by atoms with Gasteiger partial charge in [0.15, 0.2) is 0 Å². The zero-order chi connectivity index (χ0) is 19.9. The number of nitrogens with one attached hydrogen (secondary N) is 2. The quantitative estimate of drug-likeness (QED) is 0.487. The largest absolute Gasteiger partial charge is 0.489 e. The minimum atomic E-state index is -0.0891. The van der Waals surface area contributed by atoms with Crippen molar-refractivity contribution >= 4 is 40.5 Å². The highest BCUT2D eigenvalue weighted by molar-refractivity contribution is 6.42. The van der Waals surface area contributed by atoms with Gasteiger partial charge in [0.25, 0.3) is 0 Å². The van der Waals surface area contributed by atoms with Crippen molar-refractivity contribution in [2.24, 2.45) is 0 Å². The third kappa shape index (κ3) is 5.65. The molecule has 0 aromatic heterocycles. The number of ether oxygens (including phenoxy) is 1. The number of hydrogen-bond donors (Lipinski definition) is 2. The van der Waals surface area contributed by atoms with E-state index in [2.05, 4.69) is 10.6 Å². The van der Waals surface area contributed by atoms with Crippen LogP contribution in [0.2, 0.25) is 10.0 Å². The average molecular weight is 415 g/mol. The summed E-state index contributed by atoms with van der Waals surface area (Å²) in [5.41, 5.74) is 3.70. The predicted molar refractivity (Wildman–Crippen MR) is 115 cm³/mol. The normalized spacial score (nSPS) is 10.4. The summed E-state index contributed by atoms with van der Waals surface area (Å²) in [6, 6.07) is 20.9. The lowest BCUT2D eigenvalue weighted by atomic mass is 10.2. The Balaban J connectivity index is 1.61. The van der Waals surface area contributed by atoms with E-state index < -0.39 is 0 Å². The van der Waals surface area contributed by atoms with Gasteiger partial charge in [0.1, 0.15) is 12.4 Å². The molecule has 0 saturated heterocycles. The Bertz CT molecular complexity index is 959. The first-order valence-corrected chi connectivity index (χ1v) is 9.53. The molecule has 0 spiro atoms. The molecule has 4 nitrogen and oxygen atoms in total. The Morgan fingerprint density at radius 3 is 2.36 bits per heavy atom. The second-order valence-electron chi connectivity index (χ2n) is 6.26. The molecule has 3 rings (SSSR count). The molecule has 0 aliphatic carbocycles. The van der Waals surface area contributed by atoms with Gasteiger partial charge in [-0.25, -0.2) is 0 Å². The van der Waals surface area contributed by atoms with Gasteiger partial charge >= 0.3 is 0 Å². The van der Waals surface area contributed by atoms with Crippen molar-refractivity contribution in [2.45, 2.75) is 20.1 Å². The van der Waals surface area contributed by atoms with Crippen LogP contribution in [0.4, 0.5) is 11.4 Å². The molecular weight excluding hydrogens is 395 g/mol. The van der Waals surface area contributed by atoms with E-state index in [1.54, 1.807) is 12.1 Å². The standard InChI is InChI=1S/C22H20Cl2N2O2/c1-15(27)26-19-9-7-18(8-10-19)25-13-17-4-2-3-5-22(17)28-14-16-6-11-20(23)21(24)12-16/h2-12,25H,13-14H2,1H3,(H,26,27). The summed E-state index contributed by atoms with van der Waals surface area (Å²) in [5, 5.41) is 7.16. The van der Waals surface area contributed by atoms with Crippen LogP contribution in [0.15, 0.2) is 66.7 Å².